The highest BCUT2D eigenvalue weighted by atomic mass is 16.5. The Morgan fingerprint density at radius 3 is 2.71 bits per heavy atom. The van der Waals surface area contributed by atoms with Gasteiger partial charge in [-0.25, -0.2) is 0 Å². The maximum absolute atomic E-state index is 11.0. The van der Waals surface area contributed by atoms with Gasteiger partial charge in [0.15, 0.2) is 0 Å². The number of benzene rings is 2. The lowest BCUT2D eigenvalue weighted by Gasteiger charge is -2.37. The van der Waals surface area contributed by atoms with E-state index >= 15 is 0 Å². The summed E-state index contributed by atoms with van der Waals surface area (Å²) in [5.41, 5.74) is 1.14. The summed E-state index contributed by atoms with van der Waals surface area (Å²) in [6.45, 7) is 3.58. The zero-order chi connectivity index (χ0) is 19.3. The van der Waals surface area contributed by atoms with Gasteiger partial charge in [0.05, 0.1) is 32.0 Å². The van der Waals surface area contributed by atoms with Crippen molar-refractivity contribution in [1.29, 1.82) is 0 Å². The predicted octanol–water partition coefficient (Wildman–Crippen LogP) is 2.79. The van der Waals surface area contributed by atoms with Crippen molar-refractivity contribution in [3.05, 3.63) is 48.0 Å². The average molecular weight is 383 g/mol. The van der Waals surface area contributed by atoms with Gasteiger partial charge in [0, 0.05) is 37.9 Å². The Hall–Kier alpha value is -1.79. The Morgan fingerprint density at radius 1 is 1.14 bits per heavy atom. The summed E-state index contributed by atoms with van der Waals surface area (Å²) in [7, 11) is 0. The summed E-state index contributed by atoms with van der Waals surface area (Å²) in [6, 6.07) is 14.7. The second kappa shape index (κ2) is 9.14. The molecule has 0 unspecified atom stereocenters. The number of carbonyl (C=O) groups is 1. The van der Waals surface area contributed by atoms with Crippen LogP contribution >= 0.6 is 0 Å². The summed E-state index contributed by atoms with van der Waals surface area (Å²) < 4.78 is 11.8. The quantitative estimate of drug-likeness (QED) is 0.745. The fourth-order valence-corrected chi connectivity index (χ4v) is 4.79. The van der Waals surface area contributed by atoms with Crippen molar-refractivity contribution in [3.8, 4) is 0 Å². The maximum atomic E-state index is 11.0. The smallest absolute Gasteiger partial charge is 0.120 e. The largest absolute Gasteiger partial charge is 0.391 e. The number of nitrogens with zero attached hydrogens (tertiary/aromatic N) is 1. The monoisotopic (exact) mass is 383 g/mol. The maximum Gasteiger partial charge on any atom is 0.120 e. The Bertz CT molecular complexity index is 789. The molecule has 1 saturated heterocycles. The summed E-state index contributed by atoms with van der Waals surface area (Å²) in [5.74, 6) is 0.166. The van der Waals surface area contributed by atoms with Crippen molar-refractivity contribution in [1.82, 2.24) is 4.90 Å². The number of morpholine rings is 1. The van der Waals surface area contributed by atoms with Gasteiger partial charge in [-0.2, -0.15) is 0 Å². The van der Waals surface area contributed by atoms with E-state index in [9.17, 15) is 9.90 Å². The average Bonchev–Trinajstić information content (AvgIpc) is 3.06. The van der Waals surface area contributed by atoms with Gasteiger partial charge in [0.25, 0.3) is 0 Å². The summed E-state index contributed by atoms with van der Waals surface area (Å²) in [5, 5.41) is 13.2. The van der Waals surface area contributed by atoms with Crippen LogP contribution in [-0.2, 0) is 20.9 Å². The number of aliphatic hydroxyl groups is 1. The topological polar surface area (TPSA) is 59.0 Å². The lowest BCUT2D eigenvalue weighted by atomic mass is 9.94. The van der Waals surface area contributed by atoms with E-state index < -0.39 is 6.10 Å². The van der Waals surface area contributed by atoms with E-state index in [0.717, 1.165) is 31.4 Å². The first-order valence-corrected chi connectivity index (χ1v) is 10.3. The highest BCUT2D eigenvalue weighted by Crippen LogP contribution is 2.36. The van der Waals surface area contributed by atoms with Gasteiger partial charge >= 0.3 is 0 Å². The SMILES string of the molecule is O=CCC[C@H]1[C@H](N2CCOCC2)[C@@H](O)C[C@H]1OCc1ccc2ccccc2c1. The van der Waals surface area contributed by atoms with Crippen molar-refractivity contribution in [2.24, 2.45) is 5.92 Å². The minimum Gasteiger partial charge on any atom is -0.391 e. The number of carbonyl (C=O) groups excluding carboxylic acids is 1. The highest BCUT2D eigenvalue weighted by Gasteiger charge is 2.45. The molecule has 4 rings (SSSR count). The molecule has 1 N–H and O–H groups in total. The van der Waals surface area contributed by atoms with Gasteiger partial charge in [0.1, 0.15) is 6.29 Å². The molecule has 150 valence electrons. The Morgan fingerprint density at radius 2 is 1.93 bits per heavy atom. The van der Waals surface area contributed by atoms with Crippen LogP contribution in [0.25, 0.3) is 10.8 Å². The third-order valence-corrected chi connectivity index (χ3v) is 6.15. The van der Waals surface area contributed by atoms with Gasteiger partial charge in [-0.1, -0.05) is 36.4 Å². The van der Waals surface area contributed by atoms with Crippen LogP contribution < -0.4 is 0 Å². The van der Waals surface area contributed by atoms with Crippen LogP contribution in [0.4, 0.5) is 0 Å². The first-order valence-electron chi connectivity index (χ1n) is 10.3. The van der Waals surface area contributed by atoms with Gasteiger partial charge in [-0.15, -0.1) is 0 Å². The zero-order valence-corrected chi connectivity index (χ0v) is 16.2. The lowest BCUT2D eigenvalue weighted by Crippen LogP contribution is -2.50. The molecule has 2 aromatic carbocycles. The van der Waals surface area contributed by atoms with Crippen LogP contribution in [0, 0.1) is 5.92 Å². The molecule has 2 aliphatic rings. The fraction of sp³-hybridized carbons (Fsp3) is 0.522. The molecule has 0 radical (unpaired) electrons. The molecule has 1 aliphatic heterocycles. The Labute approximate surface area is 166 Å². The fourth-order valence-electron chi connectivity index (χ4n) is 4.79. The van der Waals surface area contributed by atoms with E-state index in [1.807, 2.05) is 12.1 Å². The van der Waals surface area contributed by atoms with Crippen LogP contribution in [0.15, 0.2) is 42.5 Å². The van der Waals surface area contributed by atoms with Gasteiger partial charge in [0.2, 0.25) is 0 Å². The van der Waals surface area contributed by atoms with E-state index in [0.29, 0.717) is 32.7 Å². The molecule has 28 heavy (non-hydrogen) atoms. The number of hydrogen-bond acceptors (Lipinski definition) is 5. The van der Waals surface area contributed by atoms with Crippen LogP contribution in [-0.4, -0.2) is 60.8 Å². The van der Waals surface area contributed by atoms with E-state index in [1.54, 1.807) is 0 Å². The summed E-state index contributed by atoms with van der Waals surface area (Å²) in [4.78, 5) is 13.3. The molecule has 1 aliphatic carbocycles. The van der Waals surface area contributed by atoms with Crippen molar-refractivity contribution >= 4 is 17.1 Å². The van der Waals surface area contributed by atoms with Crippen LogP contribution in [0.5, 0.6) is 0 Å². The minimum atomic E-state index is -0.420. The molecule has 0 bridgehead atoms. The van der Waals surface area contributed by atoms with E-state index in [2.05, 4.69) is 35.2 Å². The number of rotatable bonds is 7. The van der Waals surface area contributed by atoms with E-state index in [1.165, 1.54) is 10.8 Å². The molecule has 4 atom stereocenters. The van der Waals surface area contributed by atoms with Crippen molar-refractivity contribution in [2.45, 2.75) is 44.1 Å². The molecular formula is C23H29NO4. The summed E-state index contributed by atoms with van der Waals surface area (Å²) >= 11 is 0. The molecule has 2 aromatic rings. The van der Waals surface area contributed by atoms with Crippen molar-refractivity contribution in [3.63, 3.8) is 0 Å². The first-order chi connectivity index (χ1) is 13.8. The Balaban J connectivity index is 1.45. The second-order valence-electron chi connectivity index (χ2n) is 7.88. The number of fused-ring (bicyclic) bond motifs is 1. The van der Waals surface area contributed by atoms with Gasteiger partial charge in [-0.3, -0.25) is 4.90 Å². The molecule has 1 heterocycles. The minimum absolute atomic E-state index is 0.0331. The zero-order valence-electron chi connectivity index (χ0n) is 16.2. The molecule has 5 heteroatoms. The van der Waals surface area contributed by atoms with E-state index in [-0.39, 0.29) is 18.1 Å². The molecule has 0 aromatic heterocycles. The summed E-state index contributed by atoms with van der Waals surface area (Å²) in [6.07, 6.45) is 2.41. The van der Waals surface area contributed by atoms with Crippen molar-refractivity contribution in [2.75, 3.05) is 26.3 Å². The predicted molar refractivity (Wildman–Crippen MR) is 108 cm³/mol. The lowest BCUT2D eigenvalue weighted by molar-refractivity contribution is -0.108. The van der Waals surface area contributed by atoms with Crippen LogP contribution in [0.1, 0.15) is 24.8 Å². The number of aliphatic hydroxyl groups excluding tert-OH is 1. The van der Waals surface area contributed by atoms with Gasteiger partial charge in [-0.05, 0) is 28.8 Å². The third kappa shape index (κ3) is 4.28. The molecule has 0 amide bonds. The number of hydrogen-bond donors (Lipinski definition) is 1. The second-order valence-corrected chi connectivity index (χ2v) is 7.88. The third-order valence-electron chi connectivity index (χ3n) is 6.15. The first kappa shape index (κ1) is 19.5. The van der Waals surface area contributed by atoms with E-state index in [4.69, 9.17) is 9.47 Å². The highest BCUT2D eigenvalue weighted by molar-refractivity contribution is 5.82. The Kier molecular flexibility index (Phi) is 6.37. The van der Waals surface area contributed by atoms with Gasteiger partial charge < -0.3 is 19.4 Å². The van der Waals surface area contributed by atoms with Crippen molar-refractivity contribution < 1.29 is 19.4 Å². The normalized spacial score (nSPS) is 28.6. The molecular weight excluding hydrogens is 354 g/mol. The van der Waals surface area contributed by atoms with Crippen LogP contribution in [0.3, 0.4) is 0 Å². The molecule has 1 saturated carbocycles. The number of aldehydes is 1. The molecule has 0 spiro atoms. The molecule has 2 fully saturated rings. The standard InChI is InChI=1S/C23H29NO4/c25-11-3-6-20-22(15-21(26)23(20)24-9-12-27-13-10-24)28-16-17-7-8-18-4-1-2-5-19(18)14-17/h1-2,4-5,7-8,11,14,20-23,26H,3,6,9-10,12-13,15-16H2/t20-,21+,22-,23+/m1/s1. The number of ether oxygens (including phenoxy) is 2. The van der Waals surface area contributed by atoms with Crippen LogP contribution in [0.2, 0.25) is 0 Å². The molecule has 5 nitrogen and oxygen atoms in total.